The van der Waals surface area contributed by atoms with Crippen LogP contribution in [0.5, 0.6) is 0 Å². The molecule has 1 unspecified atom stereocenters. The molecule has 1 aliphatic rings. The first kappa shape index (κ1) is 14.2. The fourth-order valence-corrected chi connectivity index (χ4v) is 2.49. The normalized spacial score (nSPS) is 17.6. The van der Waals surface area contributed by atoms with Gasteiger partial charge in [0.25, 0.3) is 0 Å². The van der Waals surface area contributed by atoms with E-state index in [0.717, 1.165) is 11.3 Å². The molecule has 0 spiro atoms. The molecule has 0 bridgehead atoms. The lowest BCUT2D eigenvalue weighted by Gasteiger charge is -2.31. The van der Waals surface area contributed by atoms with Crippen LogP contribution >= 0.6 is 0 Å². The Balaban J connectivity index is 2.17. The van der Waals surface area contributed by atoms with E-state index >= 15 is 0 Å². The van der Waals surface area contributed by atoms with E-state index in [-0.39, 0.29) is 30.4 Å². The van der Waals surface area contributed by atoms with E-state index in [4.69, 9.17) is 0 Å². The van der Waals surface area contributed by atoms with E-state index in [1.165, 1.54) is 7.11 Å². The van der Waals surface area contributed by atoms with Gasteiger partial charge in [-0.05, 0) is 11.6 Å². The van der Waals surface area contributed by atoms with Crippen LogP contribution in [-0.4, -0.2) is 31.8 Å². The number of Topliss-reactive ketones (excluding diaryl/α,β-unsaturated/α-hetero) is 1. The molecule has 1 atom stereocenters. The quantitative estimate of drug-likeness (QED) is 0.619. The van der Waals surface area contributed by atoms with Crippen molar-refractivity contribution in [3.63, 3.8) is 0 Å². The predicted molar refractivity (Wildman–Crippen MR) is 73.5 cm³/mol. The van der Waals surface area contributed by atoms with E-state index in [2.05, 4.69) is 4.74 Å². The molecule has 5 heteroatoms. The predicted octanol–water partition coefficient (Wildman–Crippen LogP) is 1.66. The van der Waals surface area contributed by atoms with Crippen LogP contribution in [0.25, 0.3) is 0 Å². The molecule has 0 aliphatic carbocycles. The molecule has 2 rings (SSSR count). The standard InChI is InChI=1S/C15H17NO4/c1-16-13-6-4-3-5-12(13)10(8-14(16)18)7-11(17)9-15(19)20-2/h3-6,10H,7-9H2,1-2H3. The first-order valence-electron chi connectivity index (χ1n) is 6.47. The summed E-state index contributed by atoms with van der Waals surface area (Å²) >= 11 is 0. The van der Waals surface area contributed by atoms with Crippen molar-refractivity contribution in [2.75, 3.05) is 19.1 Å². The first-order valence-corrected chi connectivity index (χ1v) is 6.47. The highest BCUT2D eigenvalue weighted by molar-refractivity contribution is 5.99. The topological polar surface area (TPSA) is 63.7 Å². The van der Waals surface area contributed by atoms with Crippen LogP contribution in [0.4, 0.5) is 5.69 Å². The Bertz CT molecular complexity index is 553. The van der Waals surface area contributed by atoms with Crippen LogP contribution in [0.15, 0.2) is 24.3 Å². The average molecular weight is 275 g/mol. The van der Waals surface area contributed by atoms with Crippen LogP contribution < -0.4 is 4.90 Å². The number of carbonyl (C=O) groups excluding carboxylic acids is 3. The Hall–Kier alpha value is -2.17. The minimum Gasteiger partial charge on any atom is -0.469 e. The fourth-order valence-electron chi connectivity index (χ4n) is 2.49. The number of para-hydroxylation sites is 1. The molecule has 5 nitrogen and oxygen atoms in total. The van der Waals surface area contributed by atoms with Crippen LogP contribution in [0, 0.1) is 0 Å². The molecule has 1 aromatic carbocycles. The van der Waals surface area contributed by atoms with Crippen molar-refractivity contribution in [3.8, 4) is 0 Å². The van der Waals surface area contributed by atoms with Crippen molar-refractivity contribution >= 4 is 23.3 Å². The summed E-state index contributed by atoms with van der Waals surface area (Å²) < 4.78 is 4.48. The number of fused-ring (bicyclic) bond motifs is 1. The second kappa shape index (κ2) is 5.86. The summed E-state index contributed by atoms with van der Waals surface area (Å²) in [5, 5.41) is 0. The number of rotatable bonds is 4. The van der Waals surface area contributed by atoms with Crippen LogP contribution in [0.1, 0.15) is 30.7 Å². The molecule has 0 saturated carbocycles. The van der Waals surface area contributed by atoms with Gasteiger partial charge < -0.3 is 9.64 Å². The van der Waals surface area contributed by atoms with Gasteiger partial charge in [-0.2, -0.15) is 0 Å². The van der Waals surface area contributed by atoms with Gasteiger partial charge in [0.05, 0.1) is 7.11 Å². The Morgan fingerprint density at radius 1 is 1.35 bits per heavy atom. The molecular formula is C15H17NO4. The number of ether oxygens (including phenoxy) is 1. The van der Waals surface area contributed by atoms with E-state index in [1.54, 1.807) is 11.9 Å². The third-order valence-corrected chi connectivity index (χ3v) is 3.58. The molecule has 1 heterocycles. The third kappa shape index (κ3) is 2.87. The highest BCUT2D eigenvalue weighted by atomic mass is 16.5. The van der Waals surface area contributed by atoms with Gasteiger partial charge in [-0.25, -0.2) is 0 Å². The molecule has 20 heavy (non-hydrogen) atoms. The second-order valence-electron chi connectivity index (χ2n) is 4.91. The van der Waals surface area contributed by atoms with Gasteiger partial charge in [-0.15, -0.1) is 0 Å². The van der Waals surface area contributed by atoms with E-state index < -0.39 is 5.97 Å². The van der Waals surface area contributed by atoms with Crippen molar-refractivity contribution in [2.45, 2.75) is 25.2 Å². The Morgan fingerprint density at radius 2 is 2.05 bits per heavy atom. The van der Waals surface area contributed by atoms with Gasteiger partial charge >= 0.3 is 5.97 Å². The molecule has 0 N–H and O–H groups in total. The molecule has 1 amide bonds. The molecule has 1 aromatic rings. The van der Waals surface area contributed by atoms with E-state index in [0.29, 0.717) is 6.42 Å². The number of methoxy groups -OCH3 is 1. The number of hydrogen-bond donors (Lipinski definition) is 0. The lowest BCUT2D eigenvalue weighted by molar-refractivity contribution is -0.143. The zero-order valence-electron chi connectivity index (χ0n) is 11.6. The number of nitrogens with zero attached hydrogens (tertiary/aromatic N) is 1. The van der Waals surface area contributed by atoms with Crippen molar-refractivity contribution in [2.24, 2.45) is 0 Å². The summed E-state index contributed by atoms with van der Waals surface area (Å²) in [5.41, 5.74) is 1.81. The molecule has 1 aliphatic heterocycles. The molecule has 106 valence electrons. The first-order chi connectivity index (χ1) is 9.52. The highest BCUT2D eigenvalue weighted by Gasteiger charge is 2.30. The lowest BCUT2D eigenvalue weighted by Crippen LogP contribution is -2.33. The van der Waals surface area contributed by atoms with Crippen LogP contribution in [0.2, 0.25) is 0 Å². The minimum atomic E-state index is -0.539. The van der Waals surface area contributed by atoms with Gasteiger partial charge in [-0.3, -0.25) is 14.4 Å². The largest absolute Gasteiger partial charge is 0.469 e. The second-order valence-corrected chi connectivity index (χ2v) is 4.91. The number of amides is 1. The zero-order valence-corrected chi connectivity index (χ0v) is 11.6. The SMILES string of the molecule is COC(=O)CC(=O)CC1CC(=O)N(C)c2ccccc21. The summed E-state index contributed by atoms with van der Waals surface area (Å²) in [7, 11) is 2.98. The van der Waals surface area contributed by atoms with E-state index in [1.807, 2.05) is 24.3 Å². The van der Waals surface area contributed by atoms with Gasteiger partial charge in [0.2, 0.25) is 5.91 Å². The summed E-state index contributed by atoms with van der Waals surface area (Å²) in [6, 6.07) is 7.54. The van der Waals surface area contributed by atoms with E-state index in [9.17, 15) is 14.4 Å². The summed E-state index contributed by atoms with van der Waals surface area (Å²) in [4.78, 5) is 36.5. The summed E-state index contributed by atoms with van der Waals surface area (Å²) in [6.45, 7) is 0. The molecular weight excluding hydrogens is 258 g/mol. The summed E-state index contributed by atoms with van der Waals surface area (Å²) in [5.74, 6) is -0.914. The Kier molecular flexibility index (Phi) is 4.17. The number of esters is 1. The lowest BCUT2D eigenvalue weighted by atomic mass is 9.85. The van der Waals surface area contributed by atoms with Gasteiger partial charge in [0.15, 0.2) is 0 Å². The maximum Gasteiger partial charge on any atom is 0.313 e. The van der Waals surface area contributed by atoms with Crippen molar-refractivity contribution in [1.82, 2.24) is 0 Å². The van der Waals surface area contributed by atoms with Gasteiger partial charge in [-0.1, -0.05) is 18.2 Å². The Labute approximate surface area is 117 Å². The number of anilines is 1. The maximum atomic E-state index is 12.0. The smallest absolute Gasteiger partial charge is 0.313 e. The number of ketones is 1. The number of benzene rings is 1. The van der Waals surface area contributed by atoms with Gasteiger partial charge in [0.1, 0.15) is 12.2 Å². The molecule has 0 aromatic heterocycles. The third-order valence-electron chi connectivity index (χ3n) is 3.58. The average Bonchev–Trinajstić information content (AvgIpc) is 2.44. The fraction of sp³-hybridized carbons (Fsp3) is 0.400. The maximum absolute atomic E-state index is 12.0. The summed E-state index contributed by atoms with van der Waals surface area (Å²) in [6.07, 6.45) is 0.241. The number of carbonyl (C=O) groups is 3. The molecule has 0 radical (unpaired) electrons. The van der Waals surface area contributed by atoms with Crippen LogP contribution in [-0.2, 0) is 19.1 Å². The highest BCUT2D eigenvalue weighted by Crippen LogP contribution is 2.37. The van der Waals surface area contributed by atoms with Crippen molar-refractivity contribution in [3.05, 3.63) is 29.8 Å². The van der Waals surface area contributed by atoms with Gasteiger partial charge in [0, 0.05) is 31.5 Å². The zero-order chi connectivity index (χ0) is 14.7. The van der Waals surface area contributed by atoms with Crippen molar-refractivity contribution < 1.29 is 19.1 Å². The number of hydrogen-bond acceptors (Lipinski definition) is 4. The molecule has 0 fully saturated rings. The molecule has 0 saturated heterocycles. The van der Waals surface area contributed by atoms with Crippen molar-refractivity contribution in [1.29, 1.82) is 0 Å². The Morgan fingerprint density at radius 3 is 2.75 bits per heavy atom. The minimum absolute atomic E-state index is 0.0143. The monoisotopic (exact) mass is 275 g/mol. The van der Waals surface area contributed by atoms with Crippen LogP contribution in [0.3, 0.4) is 0 Å².